The largest absolute Gasteiger partial charge is 0.379 e. The summed E-state index contributed by atoms with van der Waals surface area (Å²) in [5.41, 5.74) is 0. The maximum Gasteiger partial charge on any atom is 0.0834 e. The lowest BCUT2D eigenvalue weighted by atomic mass is 10.1. The Hall–Kier alpha value is -0.120. The van der Waals surface area contributed by atoms with Gasteiger partial charge in [-0.15, -0.1) is 0 Å². The molecule has 0 aromatic carbocycles. The van der Waals surface area contributed by atoms with Crippen LogP contribution in [-0.4, -0.2) is 38.5 Å². The minimum Gasteiger partial charge on any atom is -0.379 e. The van der Waals surface area contributed by atoms with Gasteiger partial charge in [-0.2, -0.15) is 0 Å². The molecule has 0 radical (unpaired) electrons. The van der Waals surface area contributed by atoms with Crippen LogP contribution in [0.3, 0.4) is 0 Å². The van der Waals surface area contributed by atoms with Crippen molar-refractivity contribution in [1.82, 2.24) is 5.32 Å². The topological polar surface area (TPSA) is 30.5 Å². The molecule has 2 heterocycles. The zero-order valence-corrected chi connectivity index (χ0v) is 7.42. The van der Waals surface area contributed by atoms with E-state index < -0.39 is 0 Å². The van der Waals surface area contributed by atoms with E-state index in [0.717, 1.165) is 45.6 Å². The Kier molecular flexibility index (Phi) is 2.98. The van der Waals surface area contributed by atoms with Crippen molar-refractivity contribution in [2.45, 2.75) is 31.5 Å². The second kappa shape index (κ2) is 4.21. The third kappa shape index (κ3) is 2.19. The first-order valence-corrected chi connectivity index (χ1v) is 4.89. The summed E-state index contributed by atoms with van der Waals surface area (Å²) in [5.74, 6) is 0. The van der Waals surface area contributed by atoms with Crippen molar-refractivity contribution >= 4 is 0 Å². The van der Waals surface area contributed by atoms with Crippen LogP contribution in [0.2, 0.25) is 0 Å². The lowest BCUT2D eigenvalue weighted by molar-refractivity contribution is -0.0287. The second-order valence-electron chi connectivity index (χ2n) is 3.57. The number of hydrogen-bond acceptors (Lipinski definition) is 3. The SMILES string of the molecule is C1CC(O[C@@H]2CCOC2)CCN1. The highest BCUT2D eigenvalue weighted by atomic mass is 16.5. The van der Waals surface area contributed by atoms with Crippen molar-refractivity contribution in [3.63, 3.8) is 0 Å². The highest BCUT2D eigenvalue weighted by Gasteiger charge is 2.21. The molecule has 0 bridgehead atoms. The van der Waals surface area contributed by atoms with Gasteiger partial charge in [-0.05, 0) is 32.4 Å². The number of nitrogens with one attached hydrogen (secondary N) is 1. The number of piperidine rings is 1. The molecule has 0 aliphatic carbocycles. The summed E-state index contributed by atoms with van der Waals surface area (Å²) in [5, 5.41) is 3.33. The first-order valence-electron chi connectivity index (χ1n) is 4.89. The number of hydrogen-bond donors (Lipinski definition) is 1. The summed E-state index contributed by atoms with van der Waals surface area (Å²) in [6.45, 7) is 3.91. The molecule has 0 unspecified atom stereocenters. The molecule has 2 fully saturated rings. The van der Waals surface area contributed by atoms with Gasteiger partial charge in [0, 0.05) is 6.61 Å². The van der Waals surface area contributed by atoms with E-state index in [-0.39, 0.29) is 0 Å². The Morgan fingerprint density at radius 1 is 1.08 bits per heavy atom. The maximum atomic E-state index is 5.89. The molecule has 3 heteroatoms. The molecule has 2 aliphatic heterocycles. The predicted octanol–water partition coefficient (Wildman–Crippen LogP) is 0.544. The molecule has 0 saturated carbocycles. The average molecular weight is 171 g/mol. The fourth-order valence-corrected chi connectivity index (χ4v) is 1.82. The Morgan fingerprint density at radius 2 is 1.92 bits per heavy atom. The van der Waals surface area contributed by atoms with E-state index in [0.29, 0.717) is 12.2 Å². The van der Waals surface area contributed by atoms with Gasteiger partial charge in [-0.25, -0.2) is 0 Å². The first-order chi connectivity index (χ1) is 5.95. The van der Waals surface area contributed by atoms with Crippen LogP contribution in [-0.2, 0) is 9.47 Å². The van der Waals surface area contributed by atoms with E-state index in [1.807, 2.05) is 0 Å². The van der Waals surface area contributed by atoms with Crippen LogP contribution in [0.1, 0.15) is 19.3 Å². The predicted molar refractivity (Wildman–Crippen MR) is 46.2 cm³/mol. The Balaban J connectivity index is 1.69. The number of rotatable bonds is 2. The fraction of sp³-hybridized carbons (Fsp3) is 1.00. The van der Waals surface area contributed by atoms with Crippen LogP contribution < -0.4 is 5.32 Å². The molecule has 70 valence electrons. The Labute approximate surface area is 73.4 Å². The Morgan fingerprint density at radius 3 is 2.58 bits per heavy atom. The molecular weight excluding hydrogens is 154 g/mol. The molecule has 0 amide bonds. The van der Waals surface area contributed by atoms with E-state index in [2.05, 4.69) is 5.32 Å². The molecule has 1 atom stereocenters. The summed E-state index contributed by atoms with van der Waals surface area (Å²) in [6.07, 6.45) is 4.28. The second-order valence-corrected chi connectivity index (χ2v) is 3.57. The van der Waals surface area contributed by atoms with E-state index in [9.17, 15) is 0 Å². The molecule has 2 saturated heterocycles. The zero-order valence-electron chi connectivity index (χ0n) is 7.42. The van der Waals surface area contributed by atoms with Crippen LogP contribution in [0.25, 0.3) is 0 Å². The fourth-order valence-electron chi connectivity index (χ4n) is 1.82. The molecule has 0 aromatic rings. The summed E-state index contributed by atoms with van der Waals surface area (Å²) < 4.78 is 11.1. The molecule has 3 nitrogen and oxygen atoms in total. The van der Waals surface area contributed by atoms with E-state index in [1.165, 1.54) is 0 Å². The van der Waals surface area contributed by atoms with E-state index in [1.54, 1.807) is 0 Å². The maximum absolute atomic E-state index is 5.89. The molecule has 0 aromatic heterocycles. The molecular formula is C9H17NO2. The average Bonchev–Trinajstić information content (AvgIpc) is 2.59. The summed E-state index contributed by atoms with van der Waals surface area (Å²) in [7, 11) is 0. The van der Waals surface area contributed by atoms with Crippen molar-refractivity contribution < 1.29 is 9.47 Å². The van der Waals surface area contributed by atoms with Gasteiger partial charge >= 0.3 is 0 Å². The lowest BCUT2D eigenvalue weighted by Gasteiger charge is -2.25. The van der Waals surface area contributed by atoms with Gasteiger partial charge in [0.15, 0.2) is 0 Å². The summed E-state index contributed by atoms with van der Waals surface area (Å²) in [6, 6.07) is 0. The molecule has 1 N–H and O–H groups in total. The summed E-state index contributed by atoms with van der Waals surface area (Å²) >= 11 is 0. The summed E-state index contributed by atoms with van der Waals surface area (Å²) in [4.78, 5) is 0. The van der Waals surface area contributed by atoms with Crippen LogP contribution in [0.4, 0.5) is 0 Å². The monoisotopic (exact) mass is 171 g/mol. The van der Waals surface area contributed by atoms with Crippen molar-refractivity contribution in [2.75, 3.05) is 26.3 Å². The molecule has 2 aliphatic rings. The van der Waals surface area contributed by atoms with Gasteiger partial charge in [0.2, 0.25) is 0 Å². The first kappa shape index (κ1) is 8.48. The minimum absolute atomic E-state index is 0.382. The lowest BCUT2D eigenvalue weighted by Crippen LogP contribution is -2.34. The highest BCUT2D eigenvalue weighted by molar-refractivity contribution is 4.72. The quantitative estimate of drug-likeness (QED) is 0.658. The Bertz CT molecular complexity index is 128. The number of ether oxygens (including phenoxy) is 2. The van der Waals surface area contributed by atoms with Gasteiger partial charge in [0.1, 0.15) is 0 Å². The van der Waals surface area contributed by atoms with Gasteiger partial charge in [0.25, 0.3) is 0 Å². The van der Waals surface area contributed by atoms with Crippen molar-refractivity contribution in [3.8, 4) is 0 Å². The van der Waals surface area contributed by atoms with Crippen LogP contribution in [0, 0.1) is 0 Å². The molecule has 2 rings (SSSR count). The van der Waals surface area contributed by atoms with Crippen molar-refractivity contribution in [1.29, 1.82) is 0 Å². The molecule has 12 heavy (non-hydrogen) atoms. The van der Waals surface area contributed by atoms with Gasteiger partial charge < -0.3 is 14.8 Å². The van der Waals surface area contributed by atoms with Crippen molar-refractivity contribution in [2.24, 2.45) is 0 Å². The van der Waals surface area contributed by atoms with Gasteiger partial charge in [-0.3, -0.25) is 0 Å². The normalized spacial score (nSPS) is 32.5. The minimum atomic E-state index is 0.382. The zero-order chi connectivity index (χ0) is 8.23. The van der Waals surface area contributed by atoms with Crippen LogP contribution >= 0.6 is 0 Å². The van der Waals surface area contributed by atoms with E-state index in [4.69, 9.17) is 9.47 Å². The third-order valence-electron chi connectivity index (χ3n) is 2.56. The van der Waals surface area contributed by atoms with Crippen LogP contribution in [0.15, 0.2) is 0 Å². The van der Waals surface area contributed by atoms with Gasteiger partial charge in [-0.1, -0.05) is 0 Å². The highest BCUT2D eigenvalue weighted by Crippen LogP contribution is 2.15. The standard InChI is InChI=1S/C9H17NO2/c1-4-10-5-2-8(1)12-9-3-6-11-7-9/h8-10H,1-7H2/t9-/m1/s1. The van der Waals surface area contributed by atoms with Crippen molar-refractivity contribution in [3.05, 3.63) is 0 Å². The smallest absolute Gasteiger partial charge is 0.0834 e. The van der Waals surface area contributed by atoms with E-state index >= 15 is 0 Å². The van der Waals surface area contributed by atoms with Crippen LogP contribution in [0.5, 0.6) is 0 Å². The molecule has 0 spiro atoms. The third-order valence-corrected chi connectivity index (χ3v) is 2.56. The van der Waals surface area contributed by atoms with Gasteiger partial charge in [0.05, 0.1) is 18.8 Å².